The maximum Gasteiger partial charge on any atom is 0.217 e. The summed E-state index contributed by atoms with van der Waals surface area (Å²) in [5.74, 6) is 0. The van der Waals surface area contributed by atoms with E-state index in [9.17, 15) is 13.0 Å². The summed E-state index contributed by atoms with van der Waals surface area (Å²) in [6, 6.07) is 0.901. The molecule has 0 aliphatic rings. The van der Waals surface area contributed by atoms with Crippen molar-refractivity contribution in [1.82, 2.24) is 0 Å². The van der Waals surface area contributed by atoms with Crippen molar-refractivity contribution in [3.8, 4) is 0 Å². The quantitative estimate of drug-likeness (QED) is 0.0400. The fraction of sp³-hybridized carbons (Fsp3) is 1.00. The van der Waals surface area contributed by atoms with Gasteiger partial charge in [0.1, 0.15) is 0 Å². The van der Waals surface area contributed by atoms with Gasteiger partial charge in [0.05, 0.1) is 26.7 Å². The maximum absolute atomic E-state index is 9.45. The van der Waals surface area contributed by atoms with Gasteiger partial charge >= 0.3 is 0 Å². The Kier molecular flexibility index (Phi) is 41.9. The summed E-state index contributed by atoms with van der Waals surface area (Å²) in [6.07, 6.45) is 50.0. The van der Waals surface area contributed by atoms with Crippen LogP contribution in [0.5, 0.6) is 0 Å². The summed E-state index contributed by atoms with van der Waals surface area (Å²) >= 11 is 0. The molecule has 0 atom stereocenters. The summed E-state index contributed by atoms with van der Waals surface area (Å²) < 4.78 is 32.0. The summed E-state index contributed by atoms with van der Waals surface area (Å²) in [4.78, 5) is 1.70. The van der Waals surface area contributed by atoms with E-state index in [0.717, 1.165) is 6.04 Å². The van der Waals surface area contributed by atoms with Crippen LogP contribution in [0.1, 0.15) is 239 Å². The van der Waals surface area contributed by atoms with Gasteiger partial charge in [-0.1, -0.05) is 206 Å². The van der Waals surface area contributed by atoms with E-state index in [4.69, 9.17) is 0 Å². The Hall–Kier alpha value is -0.170. The van der Waals surface area contributed by atoms with E-state index in [1.165, 1.54) is 225 Å². The van der Waals surface area contributed by atoms with Gasteiger partial charge in [-0.15, -0.1) is 0 Å². The lowest BCUT2D eigenvalue weighted by molar-refractivity contribution is -0.886. The molecule has 0 saturated carbocycles. The normalized spacial score (nSPS) is 11.8. The van der Waals surface area contributed by atoms with Gasteiger partial charge in [0.25, 0.3) is 0 Å². The molecule has 0 fully saturated rings. The van der Waals surface area contributed by atoms with Crippen LogP contribution in [-0.2, 0) is 14.6 Å². The molecule has 0 amide bonds. The largest absolute Gasteiger partial charge is 0.726 e. The molecular weight excluding hydrogens is 603 g/mol. The number of unbranched alkanes of at least 4 members (excludes halogenated alkanes) is 30. The van der Waals surface area contributed by atoms with Gasteiger partial charge in [0, 0.05) is 0 Å². The molecular formula is C41H87NO4S. The van der Waals surface area contributed by atoms with E-state index < -0.39 is 10.4 Å². The van der Waals surface area contributed by atoms with Crippen LogP contribution in [0.15, 0.2) is 0 Å². The number of rotatable bonds is 37. The highest BCUT2D eigenvalue weighted by Gasteiger charge is 2.14. The van der Waals surface area contributed by atoms with Crippen molar-refractivity contribution >= 4 is 10.4 Å². The summed E-state index contributed by atoms with van der Waals surface area (Å²) in [7, 11) is 0.361. The standard InChI is InChI=1S/C39H81N.C2H6O4S/c1-5-7-9-11-13-15-17-19-21-23-25-27-29-31-33-35-37-39(40(3)4)38-36-34-32-30-28-26-24-22-20-18-16-14-12-10-8-6-2;1-2-6-7(3,4)5/h39H,5-38H2,1-4H3;2H2,1H3,(H,3,4,5). The molecule has 1 N–H and O–H groups in total. The molecule has 0 aliphatic carbocycles. The van der Waals surface area contributed by atoms with E-state index in [2.05, 4.69) is 32.1 Å². The van der Waals surface area contributed by atoms with E-state index >= 15 is 0 Å². The van der Waals surface area contributed by atoms with Crippen LogP contribution in [-0.4, -0.2) is 39.7 Å². The van der Waals surface area contributed by atoms with Crippen LogP contribution in [0.4, 0.5) is 0 Å². The Morgan fingerprint density at radius 2 is 0.638 bits per heavy atom. The summed E-state index contributed by atoms with van der Waals surface area (Å²) in [6.45, 7) is 5.95. The topological polar surface area (TPSA) is 70.9 Å². The predicted octanol–water partition coefficient (Wildman–Crippen LogP) is 12.3. The second-order valence-corrected chi connectivity index (χ2v) is 15.8. The van der Waals surface area contributed by atoms with Crippen molar-refractivity contribution < 1.29 is 22.1 Å². The average molecular weight is 690 g/mol. The molecule has 0 heterocycles. The molecule has 6 heteroatoms. The third-order valence-corrected chi connectivity index (χ3v) is 10.4. The minimum Gasteiger partial charge on any atom is -0.726 e. The Morgan fingerprint density at radius 3 is 0.787 bits per heavy atom. The van der Waals surface area contributed by atoms with Crippen LogP contribution in [0.2, 0.25) is 0 Å². The van der Waals surface area contributed by atoms with E-state index in [1.807, 2.05) is 0 Å². The highest BCUT2D eigenvalue weighted by Crippen LogP contribution is 2.17. The van der Waals surface area contributed by atoms with Crippen molar-refractivity contribution in [2.75, 3.05) is 20.7 Å². The second kappa shape index (κ2) is 40.3. The highest BCUT2D eigenvalue weighted by molar-refractivity contribution is 7.80. The molecule has 5 nitrogen and oxygen atoms in total. The Morgan fingerprint density at radius 1 is 0.426 bits per heavy atom. The zero-order valence-electron chi connectivity index (χ0n) is 32.9. The van der Waals surface area contributed by atoms with Crippen molar-refractivity contribution in [1.29, 1.82) is 0 Å². The lowest BCUT2D eigenvalue weighted by Gasteiger charge is -2.21. The molecule has 0 aromatic heterocycles. The maximum atomic E-state index is 9.45. The fourth-order valence-corrected chi connectivity index (χ4v) is 7.03. The van der Waals surface area contributed by atoms with Crippen molar-refractivity contribution in [3.05, 3.63) is 0 Å². The molecule has 0 bridgehead atoms. The van der Waals surface area contributed by atoms with E-state index in [0.29, 0.717) is 0 Å². The van der Waals surface area contributed by atoms with Crippen LogP contribution in [0.25, 0.3) is 0 Å². The van der Waals surface area contributed by atoms with Crippen LogP contribution >= 0.6 is 0 Å². The van der Waals surface area contributed by atoms with Gasteiger partial charge in [0.2, 0.25) is 10.4 Å². The van der Waals surface area contributed by atoms with Crippen molar-refractivity contribution in [2.24, 2.45) is 0 Å². The zero-order valence-corrected chi connectivity index (χ0v) is 33.7. The monoisotopic (exact) mass is 690 g/mol. The Labute approximate surface area is 297 Å². The molecule has 0 aromatic carbocycles. The van der Waals surface area contributed by atoms with Crippen LogP contribution < -0.4 is 4.90 Å². The summed E-state index contributed by atoms with van der Waals surface area (Å²) in [5, 5.41) is 0. The van der Waals surface area contributed by atoms with E-state index in [1.54, 1.807) is 4.90 Å². The van der Waals surface area contributed by atoms with Gasteiger partial charge < -0.3 is 9.45 Å². The first-order valence-electron chi connectivity index (χ1n) is 21.2. The van der Waals surface area contributed by atoms with Gasteiger partial charge in [-0.3, -0.25) is 4.18 Å². The third-order valence-electron chi connectivity index (χ3n) is 9.89. The molecule has 0 saturated heterocycles. The van der Waals surface area contributed by atoms with Gasteiger partial charge in [-0.2, -0.15) is 0 Å². The smallest absolute Gasteiger partial charge is 0.217 e. The molecule has 0 spiro atoms. The predicted molar refractivity (Wildman–Crippen MR) is 206 cm³/mol. The Bertz CT molecular complexity index is 634. The third kappa shape index (κ3) is 45.8. The van der Waals surface area contributed by atoms with Crippen LogP contribution in [0, 0.1) is 0 Å². The fourth-order valence-electron chi connectivity index (χ4n) is 6.74. The lowest BCUT2D eigenvalue weighted by atomic mass is 9.99. The molecule has 47 heavy (non-hydrogen) atoms. The van der Waals surface area contributed by atoms with E-state index in [-0.39, 0.29) is 6.61 Å². The van der Waals surface area contributed by atoms with Gasteiger partial charge in [0.15, 0.2) is 0 Å². The molecule has 0 radical (unpaired) electrons. The molecule has 0 rings (SSSR count). The minimum atomic E-state index is -4.42. The molecule has 0 aromatic rings. The first-order chi connectivity index (χ1) is 22.8. The number of hydrogen-bond acceptors (Lipinski definition) is 4. The minimum absolute atomic E-state index is 0.0914. The van der Waals surface area contributed by atoms with Crippen molar-refractivity contribution in [2.45, 2.75) is 245 Å². The SMILES string of the molecule is CCCCCCCCCCCCCCCCCCC(CCCCCCCCCCCCCCCCCC)[NH+](C)C.CCOS(=O)(=O)[O-]. The van der Waals surface area contributed by atoms with Gasteiger partial charge in [-0.05, 0) is 32.6 Å². The Balaban J connectivity index is 0. The van der Waals surface area contributed by atoms with Gasteiger partial charge in [-0.25, -0.2) is 8.42 Å². The lowest BCUT2D eigenvalue weighted by Crippen LogP contribution is -3.10. The summed E-state index contributed by atoms with van der Waals surface area (Å²) in [5.41, 5.74) is 0. The highest BCUT2D eigenvalue weighted by atomic mass is 32.3. The van der Waals surface area contributed by atoms with Crippen molar-refractivity contribution in [3.63, 3.8) is 0 Å². The molecule has 0 aliphatic heterocycles. The first-order valence-corrected chi connectivity index (χ1v) is 22.5. The average Bonchev–Trinajstić information content (AvgIpc) is 3.03. The number of nitrogens with one attached hydrogen (secondary N) is 1. The first kappa shape index (κ1) is 48.9. The van der Waals surface area contributed by atoms with Crippen LogP contribution in [0.3, 0.4) is 0 Å². The number of hydrogen-bond donors (Lipinski definition) is 1. The number of quaternary nitrogens is 1. The molecule has 286 valence electrons. The molecule has 0 unspecified atom stereocenters. The zero-order chi connectivity index (χ0) is 35.1. The second-order valence-electron chi connectivity index (χ2n) is 14.8.